The van der Waals surface area contributed by atoms with Gasteiger partial charge in [0.05, 0.1) is 18.1 Å². The van der Waals surface area contributed by atoms with Crippen LogP contribution in [0.25, 0.3) is 10.8 Å². The number of nitro groups is 1. The van der Waals surface area contributed by atoms with Gasteiger partial charge in [-0.2, -0.15) is 4.98 Å². The Balaban J connectivity index is 2.03. The first-order chi connectivity index (χ1) is 14.2. The molecule has 9 nitrogen and oxygen atoms in total. The van der Waals surface area contributed by atoms with Crippen molar-refractivity contribution >= 4 is 22.3 Å². The average Bonchev–Trinajstić information content (AvgIpc) is 2.74. The summed E-state index contributed by atoms with van der Waals surface area (Å²) in [5, 5.41) is 13.7. The minimum atomic E-state index is -0.525. The molecule has 0 spiro atoms. The Hall–Kier alpha value is -3.30. The largest absolute Gasteiger partial charge is 0.433 e. The molecule has 0 N–H and O–H groups in total. The fourth-order valence-electron chi connectivity index (χ4n) is 2.94. The monoisotopic (exact) mass is 398 g/mol. The smallest absolute Gasteiger partial charge is 0.373 e. The molecule has 0 radical (unpaired) electrons. The van der Waals surface area contributed by atoms with Gasteiger partial charge in [-0.1, -0.05) is 36.4 Å². The molecule has 3 aromatic rings. The van der Waals surface area contributed by atoms with Crippen molar-refractivity contribution in [1.82, 2.24) is 9.97 Å². The number of ether oxygens (including phenoxy) is 3. The maximum Gasteiger partial charge on any atom is 0.373 e. The summed E-state index contributed by atoms with van der Waals surface area (Å²) in [6.45, 7) is 1.58. The number of rotatable bonds is 10. The number of nitrogens with zero attached hydrogens (tertiary/aromatic N) is 4. The summed E-state index contributed by atoms with van der Waals surface area (Å²) in [4.78, 5) is 21.3. The first-order valence-corrected chi connectivity index (χ1v) is 9.03. The van der Waals surface area contributed by atoms with Crippen molar-refractivity contribution in [2.45, 2.75) is 0 Å². The first-order valence-electron chi connectivity index (χ1n) is 9.03. The summed E-state index contributed by atoms with van der Waals surface area (Å²) < 4.78 is 16.1. The van der Waals surface area contributed by atoms with E-state index < -0.39 is 4.92 Å². The molecule has 0 saturated heterocycles. The molecular weight excluding hydrogens is 376 g/mol. The van der Waals surface area contributed by atoms with E-state index in [4.69, 9.17) is 14.2 Å². The molecule has 2 aromatic carbocycles. The zero-order valence-electron chi connectivity index (χ0n) is 16.3. The fraction of sp³-hybridized carbons (Fsp3) is 0.300. The Morgan fingerprint density at radius 1 is 1.00 bits per heavy atom. The van der Waals surface area contributed by atoms with E-state index in [1.54, 1.807) is 25.2 Å². The van der Waals surface area contributed by atoms with Crippen LogP contribution in [0.15, 0.2) is 48.8 Å². The third kappa shape index (κ3) is 4.76. The van der Waals surface area contributed by atoms with Gasteiger partial charge in [0.25, 0.3) is 0 Å². The van der Waals surface area contributed by atoms with Gasteiger partial charge < -0.3 is 19.1 Å². The van der Waals surface area contributed by atoms with Crippen molar-refractivity contribution in [2.75, 3.05) is 45.4 Å². The number of benzene rings is 2. The van der Waals surface area contributed by atoms with Crippen molar-refractivity contribution < 1.29 is 19.1 Å². The van der Waals surface area contributed by atoms with Gasteiger partial charge in [0, 0.05) is 32.7 Å². The third-order valence-electron chi connectivity index (χ3n) is 4.34. The van der Waals surface area contributed by atoms with Gasteiger partial charge in [-0.05, 0) is 11.5 Å². The van der Waals surface area contributed by atoms with Crippen LogP contribution in [0.3, 0.4) is 0 Å². The highest BCUT2D eigenvalue weighted by atomic mass is 16.6. The van der Waals surface area contributed by atoms with E-state index in [1.807, 2.05) is 36.4 Å². The Bertz CT molecular complexity index is 969. The Kier molecular flexibility index (Phi) is 6.88. The number of hydrogen-bond acceptors (Lipinski definition) is 8. The topological polar surface area (TPSA) is 99.9 Å². The molecule has 0 aliphatic carbocycles. The van der Waals surface area contributed by atoms with Crippen molar-refractivity contribution in [3.8, 4) is 11.6 Å². The molecule has 1 aromatic heterocycles. The van der Waals surface area contributed by atoms with Crippen LogP contribution in [0, 0.1) is 10.1 Å². The highest BCUT2D eigenvalue weighted by Gasteiger charge is 2.29. The maximum atomic E-state index is 11.9. The fourth-order valence-corrected chi connectivity index (χ4v) is 2.94. The molecule has 0 atom stereocenters. The predicted molar refractivity (Wildman–Crippen MR) is 109 cm³/mol. The quantitative estimate of drug-likeness (QED) is 0.378. The van der Waals surface area contributed by atoms with Crippen LogP contribution in [0.5, 0.6) is 11.6 Å². The molecule has 9 heteroatoms. The van der Waals surface area contributed by atoms with Gasteiger partial charge >= 0.3 is 11.6 Å². The van der Waals surface area contributed by atoms with E-state index in [1.165, 1.54) is 6.33 Å². The molecule has 0 amide bonds. The van der Waals surface area contributed by atoms with Crippen molar-refractivity contribution in [1.29, 1.82) is 0 Å². The molecule has 29 heavy (non-hydrogen) atoms. The summed E-state index contributed by atoms with van der Waals surface area (Å²) in [5.74, 6) is 0.529. The summed E-state index contributed by atoms with van der Waals surface area (Å²) >= 11 is 0. The van der Waals surface area contributed by atoms with E-state index >= 15 is 0 Å². The lowest BCUT2D eigenvalue weighted by Crippen LogP contribution is -2.32. The highest BCUT2D eigenvalue weighted by molar-refractivity contribution is 5.88. The van der Waals surface area contributed by atoms with Crippen molar-refractivity contribution in [3.63, 3.8) is 0 Å². The predicted octanol–water partition coefficient (Wildman–Crippen LogP) is 3.43. The maximum absolute atomic E-state index is 11.9. The SMILES string of the molecule is COCCN(CCOC)c1ncnc(Oc2cccc3ccccc23)c1[N+](=O)[O-]. The van der Waals surface area contributed by atoms with Crippen molar-refractivity contribution in [2.24, 2.45) is 0 Å². The zero-order chi connectivity index (χ0) is 20.6. The second kappa shape index (κ2) is 9.76. The molecule has 0 fully saturated rings. The standard InChI is InChI=1S/C20H22N4O5/c1-27-12-10-23(11-13-28-2)19-18(24(25)26)20(22-14-21-19)29-17-9-5-7-15-6-3-4-8-16(15)17/h3-9,14H,10-13H2,1-2H3. The van der Waals surface area contributed by atoms with Crippen LogP contribution >= 0.6 is 0 Å². The van der Waals surface area contributed by atoms with E-state index in [-0.39, 0.29) is 17.4 Å². The Labute approximate surface area is 168 Å². The lowest BCUT2D eigenvalue weighted by atomic mass is 10.1. The second-order valence-electron chi connectivity index (χ2n) is 6.16. The van der Waals surface area contributed by atoms with Crippen LogP contribution in [0.1, 0.15) is 0 Å². The van der Waals surface area contributed by atoms with Gasteiger partial charge in [-0.25, -0.2) is 4.98 Å². The summed E-state index contributed by atoms with van der Waals surface area (Å²) in [6, 6.07) is 13.2. The number of methoxy groups -OCH3 is 2. The highest BCUT2D eigenvalue weighted by Crippen LogP contribution is 2.37. The molecule has 0 aliphatic heterocycles. The van der Waals surface area contributed by atoms with Crippen LogP contribution < -0.4 is 9.64 Å². The average molecular weight is 398 g/mol. The molecule has 0 bridgehead atoms. The molecular formula is C20H22N4O5. The second-order valence-corrected chi connectivity index (χ2v) is 6.16. The number of hydrogen-bond donors (Lipinski definition) is 0. The zero-order valence-corrected chi connectivity index (χ0v) is 16.3. The molecule has 1 heterocycles. The van der Waals surface area contributed by atoms with Crippen LogP contribution in [-0.4, -0.2) is 55.4 Å². The number of aromatic nitrogens is 2. The van der Waals surface area contributed by atoms with E-state index in [2.05, 4.69) is 9.97 Å². The molecule has 0 saturated carbocycles. The molecule has 0 unspecified atom stereocenters. The molecule has 0 aliphatic rings. The van der Waals surface area contributed by atoms with Crippen molar-refractivity contribution in [3.05, 3.63) is 58.9 Å². The number of fused-ring (bicyclic) bond motifs is 1. The summed E-state index contributed by atoms with van der Waals surface area (Å²) in [6.07, 6.45) is 1.26. The summed E-state index contributed by atoms with van der Waals surface area (Å²) in [7, 11) is 3.13. The minimum absolute atomic E-state index is 0.115. The van der Waals surface area contributed by atoms with Gasteiger partial charge in [-0.15, -0.1) is 0 Å². The minimum Gasteiger partial charge on any atom is -0.433 e. The van der Waals surface area contributed by atoms with E-state index in [9.17, 15) is 10.1 Å². The van der Waals surface area contributed by atoms with Gasteiger partial charge in [-0.3, -0.25) is 10.1 Å². The summed E-state index contributed by atoms with van der Waals surface area (Å²) in [5.41, 5.74) is -0.298. The molecule has 3 rings (SSSR count). The van der Waals surface area contributed by atoms with E-state index in [0.717, 1.165) is 10.8 Å². The van der Waals surface area contributed by atoms with Crippen LogP contribution in [0.4, 0.5) is 11.5 Å². The lowest BCUT2D eigenvalue weighted by Gasteiger charge is -2.23. The van der Waals surface area contributed by atoms with E-state index in [0.29, 0.717) is 32.1 Å². The van der Waals surface area contributed by atoms with Gasteiger partial charge in [0.2, 0.25) is 5.82 Å². The third-order valence-corrected chi connectivity index (χ3v) is 4.34. The first kappa shape index (κ1) is 20.4. The number of anilines is 1. The van der Waals surface area contributed by atoms with Gasteiger partial charge in [0.15, 0.2) is 0 Å². The lowest BCUT2D eigenvalue weighted by molar-refractivity contribution is -0.385. The van der Waals surface area contributed by atoms with Crippen LogP contribution in [-0.2, 0) is 9.47 Å². The normalized spacial score (nSPS) is 10.8. The Morgan fingerprint density at radius 2 is 1.69 bits per heavy atom. The van der Waals surface area contributed by atoms with Gasteiger partial charge in [0.1, 0.15) is 12.1 Å². The Morgan fingerprint density at radius 3 is 2.38 bits per heavy atom. The molecule has 152 valence electrons. The van der Waals surface area contributed by atoms with Crippen LogP contribution in [0.2, 0.25) is 0 Å².